The van der Waals surface area contributed by atoms with E-state index in [9.17, 15) is 0 Å². The maximum absolute atomic E-state index is 5.73. The minimum Gasteiger partial charge on any atom is -1.00 e. The average molecular weight is 854 g/mol. The van der Waals surface area contributed by atoms with Crippen molar-refractivity contribution in [1.82, 2.24) is 60.4 Å². The maximum Gasteiger partial charge on any atom is -1.00 e. The van der Waals surface area contributed by atoms with Crippen molar-refractivity contribution in [3.05, 3.63) is 105 Å². The van der Waals surface area contributed by atoms with Crippen LogP contribution in [0, 0.1) is 55.4 Å². The van der Waals surface area contributed by atoms with Gasteiger partial charge in [0.15, 0.2) is 0 Å². The molecule has 4 aliphatic rings. The van der Waals surface area contributed by atoms with E-state index in [4.69, 9.17) is 20.4 Å². The van der Waals surface area contributed by atoms with Gasteiger partial charge in [0.1, 0.15) is 0 Å². The first-order valence-electron chi connectivity index (χ1n) is 18.5. The Morgan fingerprint density at radius 2 is 0.927 bits per heavy atom. The largest absolute Gasteiger partial charge is 1.00 e. The molecule has 12 nitrogen and oxygen atoms in total. The molecule has 0 bridgehead atoms. The molecule has 6 aromatic rings. The number of hydrogen-bond acceptors (Lipinski definition) is 6. The van der Waals surface area contributed by atoms with Gasteiger partial charge in [-0.3, -0.25) is 0 Å². The first-order valence-corrected chi connectivity index (χ1v) is 21.3. The van der Waals surface area contributed by atoms with Crippen molar-refractivity contribution in [2.24, 2.45) is 0 Å². The monoisotopic (exact) mass is 851 g/mol. The molecule has 4 N–H and O–H groups in total. The van der Waals surface area contributed by atoms with Crippen LogP contribution in [0.5, 0.6) is 0 Å². The summed E-state index contributed by atoms with van der Waals surface area (Å²) in [6.07, 6.45) is 18.2. The van der Waals surface area contributed by atoms with Gasteiger partial charge in [-0.1, -0.05) is 0 Å². The van der Waals surface area contributed by atoms with Crippen molar-refractivity contribution in [3.8, 4) is 33.9 Å². The van der Waals surface area contributed by atoms with Crippen LogP contribution < -0.4 is 31.4 Å². The van der Waals surface area contributed by atoms with Crippen LogP contribution in [-0.2, 0) is 34.1 Å². The molecule has 2 atom stereocenters. The third-order valence-electron chi connectivity index (χ3n) is 12.4. The van der Waals surface area contributed by atoms with Gasteiger partial charge in [0.05, 0.1) is 0 Å². The normalized spacial score (nSPS) is 20.4. The molecular weight excluding hydrogens is 811 g/mol. The number of aryl methyl sites for hydroxylation is 8. The number of aromatic amines is 4. The second kappa shape index (κ2) is 13.1. The summed E-state index contributed by atoms with van der Waals surface area (Å²) in [6, 6.07) is 0. The average Bonchev–Trinajstić information content (AvgIpc) is 4.00. The molecule has 0 saturated heterocycles. The van der Waals surface area contributed by atoms with Gasteiger partial charge in [-0.2, -0.15) is 0 Å². The quantitative estimate of drug-likeness (QED) is 0.164. The Labute approximate surface area is 343 Å². The van der Waals surface area contributed by atoms with Crippen molar-refractivity contribution >= 4 is 6.54 Å². The fraction of sp³-hybridized carbons (Fsp3) is 0.350. The van der Waals surface area contributed by atoms with Crippen LogP contribution in [0.1, 0.15) is 82.6 Å². The van der Waals surface area contributed by atoms with Crippen LogP contribution in [0.2, 0.25) is 0 Å². The minimum absolute atomic E-state index is 0. The van der Waals surface area contributed by atoms with E-state index in [0.29, 0.717) is 0 Å². The Bertz CT molecular complexity index is 2410. The van der Waals surface area contributed by atoms with E-state index in [1.54, 1.807) is 0 Å². The minimum atomic E-state index is -2.13. The van der Waals surface area contributed by atoms with Crippen molar-refractivity contribution < 1.29 is 48.0 Å². The fourth-order valence-corrected chi connectivity index (χ4v) is 14.4. The molecule has 4 aliphatic carbocycles. The Morgan fingerprint density at radius 3 is 1.22 bits per heavy atom. The molecule has 0 aromatic carbocycles. The van der Waals surface area contributed by atoms with Crippen molar-refractivity contribution in [2.45, 2.75) is 91.9 Å². The standard InChI is InChI=1S/2C20H21N6.2ClH.Zr.H/c2*1-11-18(12(2)22-21-11)16-10-17(20-8-5-6-15(20)7-9-20)25-26(16)19-13(3)23-24-14(19)4;;;;/h2*5-6,8H,7,9H2,1-4H3,(H,21,22)(H,23,24);2*1H;;/q;;;;+2;/p-2. The van der Waals surface area contributed by atoms with Gasteiger partial charge in [-0.15, -0.1) is 0 Å². The van der Waals surface area contributed by atoms with Crippen molar-refractivity contribution in [3.63, 3.8) is 0 Å². The summed E-state index contributed by atoms with van der Waals surface area (Å²) >= 11 is -2.13. The molecule has 2 saturated carbocycles. The van der Waals surface area contributed by atoms with E-state index in [0.717, 1.165) is 105 Å². The summed E-state index contributed by atoms with van der Waals surface area (Å²) in [6.45, 7) is 16.8. The second-order valence-electron chi connectivity index (χ2n) is 15.4. The first-order chi connectivity index (χ1) is 25.5. The number of nitrogens with one attached hydrogen (secondary N) is 4. The molecule has 0 aliphatic heterocycles. The predicted octanol–water partition coefficient (Wildman–Crippen LogP) is -0.419. The molecule has 55 heavy (non-hydrogen) atoms. The van der Waals surface area contributed by atoms with Crippen LogP contribution in [0.4, 0.5) is 0 Å². The Morgan fingerprint density at radius 1 is 0.545 bits per heavy atom. The Kier molecular flexibility index (Phi) is 8.98. The molecular formula is C40H43Cl2N12Zr. The number of fused-ring (bicyclic) bond motifs is 2. The zero-order valence-corrected chi connectivity index (χ0v) is 36.6. The third kappa shape index (κ3) is 5.04. The molecule has 15 heteroatoms. The number of rotatable bonds is 8. The summed E-state index contributed by atoms with van der Waals surface area (Å²) in [4.78, 5) is 0. The maximum atomic E-state index is 5.73. The Balaban J connectivity index is 0.00000214. The van der Waals surface area contributed by atoms with Crippen LogP contribution in [0.3, 0.4) is 0 Å². The molecule has 2 unspecified atom stereocenters. The van der Waals surface area contributed by atoms with E-state index in [1.807, 2.05) is 0 Å². The van der Waals surface area contributed by atoms with Crippen LogP contribution in [-0.4, -0.2) is 60.4 Å². The number of hydrogen-bond donors (Lipinski definition) is 4. The Hall–Kier alpha value is -4.32. The van der Waals surface area contributed by atoms with E-state index in [1.165, 1.54) is 29.1 Å². The summed E-state index contributed by atoms with van der Waals surface area (Å²) in [7, 11) is 0. The predicted molar refractivity (Wildman–Crippen MR) is 201 cm³/mol. The molecule has 2 fully saturated rings. The smallest absolute Gasteiger partial charge is 1.00 e. The number of halogens is 2. The van der Waals surface area contributed by atoms with Crippen molar-refractivity contribution in [1.29, 1.82) is 0 Å². The van der Waals surface area contributed by atoms with E-state index >= 15 is 0 Å². The molecule has 0 amide bonds. The number of H-pyrrole nitrogens is 4. The van der Waals surface area contributed by atoms with Gasteiger partial charge >= 0.3 is 320 Å². The zero-order chi connectivity index (χ0) is 36.6. The summed E-state index contributed by atoms with van der Waals surface area (Å²) in [5.41, 5.74) is 19.1. The van der Waals surface area contributed by atoms with Gasteiger partial charge in [-0.25, -0.2) is 0 Å². The van der Waals surface area contributed by atoms with E-state index in [2.05, 4.69) is 132 Å². The molecule has 6 aromatic heterocycles. The number of allylic oxidation sites excluding steroid dienone is 8. The first kappa shape index (κ1) is 37.6. The van der Waals surface area contributed by atoms with Gasteiger partial charge in [0.25, 0.3) is 0 Å². The van der Waals surface area contributed by atoms with Crippen molar-refractivity contribution in [2.75, 3.05) is 0 Å². The molecule has 281 valence electrons. The fourth-order valence-electron chi connectivity index (χ4n) is 9.53. The zero-order valence-electron chi connectivity index (χ0n) is 32.2. The van der Waals surface area contributed by atoms with Gasteiger partial charge in [-0.05, 0) is 0 Å². The molecule has 0 radical (unpaired) electrons. The SMILES string of the molecule is Cc1n[nH]c(C)c1-c1[c]([ZrH+2][c]2c(C34C=CC=C3CC4)nn(-c3c(C)n[nH]c3C)c2-c2c(C)n[nH]c2C)c(C23C=CC=C2CC3)nn1-c1c(C)n[nH]c1C.[Cl-].[Cl-]. The molecule has 6 heterocycles. The summed E-state index contributed by atoms with van der Waals surface area (Å²) < 4.78 is 7.15. The topological polar surface area (TPSA) is 150 Å². The van der Waals surface area contributed by atoms with Crippen LogP contribution >= 0.6 is 0 Å². The van der Waals surface area contributed by atoms with Gasteiger partial charge in [0.2, 0.25) is 0 Å². The number of nitrogens with zero attached hydrogens (tertiary/aromatic N) is 8. The molecule has 10 rings (SSSR count). The third-order valence-corrected chi connectivity index (χ3v) is 16.5. The van der Waals surface area contributed by atoms with Gasteiger partial charge in [0, 0.05) is 0 Å². The summed E-state index contributed by atoms with van der Waals surface area (Å²) in [5, 5.41) is 43.5. The van der Waals surface area contributed by atoms with Gasteiger partial charge < -0.3 is 24.8 Å². The van der Waals surface area contributed by atoms with E-state index in [-0.39, 0.29) is 35.6 Å². The summed E-state index contributed by atoms with van der Waals surface area (Å²) in [5.74, 6) is 0. The van der Waals surface area contributed by atoms with Crippen LogP contribution in [0.15, 0.2) is 47.6 Å². The van der Waals surface area contributed by atoms with E-state index < -0.39 is 23.2 Å². The number of aromatic nitrogens is 12. The molecule has 0 spiro atoms. The van der Waals surface area contributed by atoms with Crippen LogP contribution in [0.25, 0.3) is 33.9 Å². The second-order valence-corrected chi connectivity index (χ2v) is 19.0.